The summed E-state index contributed by atoms with van der Waals surface area (Å²) in [6.07, 6.45) is 1.10. The molecule has 0 radical (unpaired) electrons. The smallest absolute Gasteiger partial charge is 0.262 e. The van der Waals surface area contributed by atoms with E-state index in [2.05, 4.69) is 20.2 Å². The molecule has 0 aliphatic rings. The van der Waals surface area contributed by atoms with Crippen LogP contribution in [0.25, 0.3) is 0 Å². The van der Waals surface area contributed by atoms with Crippen LogP contribution in [0.3, 0.4) is 0 Å². The quantitative estimate of drug-likeness (QED) is 0.529. The van der Waals surface area contributed by atoms with Crippen molar-refractivity contribution in [1.82, 2.24) is 15.5 Å². The number of halogens is 1. The molecule has 0 fully saturated rings. The Labute approximate surface area is 173 Å². The van der Waals surface area contributed by atoms with Crippen LogP contribution in [0.1, 0.15) is 34.1 Å². The molecule has 158 valence electrons. The van der Waals surface area contributed by atoms with Gasteiger partial charge in [-0.2, -0.15) is 4.98 Å². The first kappa shape index (κ1) is 21.4. The maximum atomic E-state index is 13.8. The number of hydrogen-bond acceptors (Lipinski definition) is 6. The molecule has 0 bridgehead atoms. The monoisotopic (exact) mass is 432 g/mol. The van der Waals surface area contributed by atoms with Crippen LogP contribution in [0.4, 0.5) is 10.1 Å². The molecule has 0 saturated carbocycles. The van der Waals surface area contributed by atoms with Crippen molar-refractivity contribution in [3.05, 3.63) is 71.1 Å². The third-order valence-electron chi connectivity index (χ3n) is 4.30. The predicted octanol–water partition coefficient (Wildman–Crippen LogP) is 2.99. The highest BCUT2D eigenvalue weighted by Crippen LogP contribution is 2.21. The number of nitrogens with zero attached hydrogens (tertiary/aromatic N) is 2. The van der Waals surface area contributed by atoms with Gasteiger partial charge in [0.1, 0.15) is 5.82 Å². The van der Waals surface area contributed by atoms with E-state index in [0.29, 0.717) is 36.7 Å². The minimum Gasteiger partial charge on any atom is -0.352 e. The number of carbonyl (C=O) groups excluding carboxylic acids is 1. The Bertz CT molecular complexity index is 1160. The Morgan fingerprint density at radius 2 is 1.93 bits per heavy atom. The standard InChI is InChI=1S/C20H21FN4O4S/c1-13-9-10-15(30(27,28)25-18-7-4-3-6-17(18)21)12-16(13)20(26)22-11-5-8-19-23-14(2)24-29-19/h3-4,6-7,9-10,12,25H,5,8,11H2,1-2H3,(H,22,26). The average Bonchev–Trinajstić information content (AvgIpc) is 3.12. The number of aryl methyl sites for hydroxylation is 3. The molecular weight excluding hydrogens is 411 g/mol. The molecule has 0 atom stereocenters. The Morgan fingerprint density at radius 3 is 2.63 bits per heavy atom. The minimum absolute atomic E-state index is 0.136. The lowest BCUT2D eigenvalue weighted by Crippen LogP contribution is -2.26. The van der Waals surface area contributed by atoms with Gasteiger partial charge in [-0.25, -0.2) is 12.8 Å². The molecule has 2 N–H and O–H groups in total. The fraction of sp³-hybridized carbons (Fsp3) is 0.250. The van der Waals surface area contributed by atoms with Crippen LogP contribution < -0.4 is 10.0 Å². The summed E-state index contributed by atoms with van der Waals surface area (Å²) in [5.74, 6) is -0.0586. The van der Waals surface area contributed by atoms with Crippen LogP contribution in [0.15, 0.2) is 51.9 Å². The van der Waals surface area contributed by atoms with Gasteiger partial charge >= 0.3 is 0 Å². The van der Waals surface area contributed by atoms with Crippen LogP contribution >= 0.6 is 0 Å². The fourth-order valence-electron chi connectivity index (χ4n) is 2.74. The molecule has 3 aromatic rings. The van der Waals surface area contributed by atoms with Gasteiger partial charge in [-0.05, 0) is 50.1 Å². The summed E-state index contributed by atoms with van der Waals surface area (Å²) in [7, 11) is -4.07. The highest BCUT2D eigenvalue weighted by Gasteiger charge is 2.19. The molecule has 3 rings (SSSR count). The number of anilines is 1. The van der Waals surface area contributed by atoms with Crippen LogP contribution in [0.2, 0.25) is 0 Å². The van der Waals surface area contributed by atoms with Crippen molar-refractivity contribution in [2.75, 3.05) is 11.3 Å². The molecule has 1 heterocycles. The largest absolute Gasteiger partial charge is 0.352 e. The van der Waals surface area contributed by atoms with Gasteiger partial charge in [0.25, 0.3) is 15.9 Å². The van der Waals surface area contributed by atoms with Crippen LogP contribution in [0.5, 0.6) is 0 Å². The molecule has 8 nitrogen and oxygen atoms in total. The minimum atomic E-state index is -4.07. The first-order valence-corrected chi connectivity index (χ1v) is 10.7. The van der Waals surface area contributed by atoms with E-state index in [1.54, 1.807) is 13.8 Å². The number of rotatable bonds is 8. The predicted molar refractivity (Wildman–Crippen MR) is 108 cm³/mol. The maximum absolute atomic E-state index is 13.8. The summed E-state index contributed by atoms with van der Waals surface area (Å²) < 4.78 is 46.3. The number of hydrogen-bond donors (Lipinski definition) is 2. The highest BCUT2D eigenvalue weighted by atomic mass is 32.2. The molecule has 0 unspecified atom stereocenters. The van der Waals surface area contributed by atoms with E-state index in [4.69, 9.17) is 4.52 Å². The maximum Gasteiger partial charge on any atom is 0.262 e. The lowest BCUT2D eigenvalue weighted by molar-refractivity contribution is 0.0952. The summed E-state index contributed by atoms with van der Waals surface area (Å²) in [5, 5.41) is 6.45. The lowest BCUT2D eigenvalue weighted by Gasteiger charge is -2.12. The van der Waals surface area contributed by atoms with E-state index in [1.165, 1.54) is 36.4 Å². The van der Waals surface area contributed by atoms with Crippen molar-refractivity contribution in [3.63, 3.8) is 0 Å². The summed E-state index contributed by atoms with van der Waals surface area (Å²) in [5.41, 5.74) is 0.672. The molecule has 10 heteroatoms. The molecular formula is C20H21FN4O4S. The molecule has 1 amide bonds. The third kappa shape index (κ3) is 5.20. The molecule has 0 aliphatic heterocycles. The van der Waals surface area contributed by atoms with E-state index in [-0.39, 0.29) is 16.1 Å². The van der Waals surface area contributed by atoms with Gasteiger partial charge in [-0.3, -0.25) is 9.52 Å². The SMILES string of the molecule is Cc1noc(CCCNC(=O)c2cc(S(=O)(=O)Nc3ccccc3F)ccc2C)n1. The molecule has 2 aromatic carbocycles. The zero-order chi connectivity index (χ0) is 21.7. The number of para-hydroxylation sites is 1. The molecule has 0 aliphatic carbocycles. The van der Waals surface area contributed by atoms with Gasteiger partial charge < -0.3 is 9.84 Å². The summed E-state index contributed by atoms with van der Waals surface area (Å²) in [4.78, 5) is 16.5. The first-order valence-electron chi connectivity index (χ1n) is 9.21. The third-order valence-corrected chi connectivity index (χ3v) is 5.67. The number of sulfonamides is 1. The highest BCUT2D eigenvalue weighted by molar-refractivity contribution is 7.92. The molecule has 0 spiro atoms. The number of carbonyl (C=O) groups is 1. The Balaban J connectivity index is 1.67. The molecule has 0 saturated heterocycles. The normalized spacial score (nSPS) is 11.3. The van der Waals surface area contributed by atoms with Gasteiger partial charge in [0.15, 0.2) is 5.82 Å². The number of amides is 1. The zero-order valence-electron chi connectivity index (χ0n) is 16.5. The lowest BCUT2D eigenvalue weighted by atomic mass is 10.1. The van der Waals surface area contributed by atoms with Gasteiger partial charge in [-0.1, -0.05) is 23.4 Å². The number of nitrogens with one attached hydrogen (secondary N) is 2. The van der Waals surface area contributed by atoms with Gasteiger partial charge in [-0.15, -0.1) is 0 Å². The number of benzene rings is 2. The van der Waals surface area contributed by atoms with Crippen molar-refractivity contribution in [2.24, 2.45) is 0 Å². The Hall–Kier alpha value is -3.27. The first-order chi connectivity index (χ1) is 14.3. The summed E-state index contributed by atoms with van der Waals surface area (Å²) >= 11 is 0. The van der Waals surface area contributed by atoms with Crippen LogP contribution in [-0.4, -0.2) is 31.0 Å². The van der Waals surface area contributed by atoms with Gasteiger partial charge in [0.05, 0.1) is 10.6 Å². The van der Waals surface area contributed by atoms with Gasteiger partial charge in [0.2, 0.25) is 5.89 Å². The van der Waals surface area contributed by atoms with Crippen molar-refractivity contribution in [3.8, 4) is 0 Å². The van der Waals surface area contributed by atoms with Gasteiger partial charge in [0, 0.05) is 18.5 Å². The molecule has 1 aromatic heterocycles. The zero-order valence-corrected chi connectivity index (χ0v) is 17.3. The van der Waals surface area contributed by atoms with Crippen LogP contribution in [-0.2, 0) is 16.4 Å². The summed E-state index contributed by atoms with van der Waals surface area (Å²) in [6, 6.07) is 9.63. The topological polar surface area (TPSA) is 114 Å². The van der Waals surface area contributed by atoms with E-state index in [1.807, 2.05) is 0 Å². The second kappa shape index (κ2) is 9.04. The average molecular weight is 432 g/mol. The van der Waals surface area contributed by atoms with E-state index in [0.717, 1.165) is 6.07 Å². The van der Waals surface area contributed by atoms with Crippen molar-refractivity contribution >= 4 is 21.6 Å². The van der Waals surface area contributed by atoms with Crippen molar-refractivity contribution in [1.29, 1.82) is 0 Å². The molecule has 30 heavy (non-hydrogen) atoms. The fourth-order valence-corrected chi connectivity index (χ4v) is 3.83. The van der Waals surface area contributed by atoms with Crippen LogP contribution in [0, 0.1) is 19.7 Å². The van der Waals surface area contributed by atoms with E-state index < -0.39 is 21.7 Å². The second-order valence-electron chi connectivity index (χ2n) is 6.66. The second-order valence-corrected chi connectivity index (χ2v) is 8.34. The summed E-state index contributed by atoms with van der Waals surface area (Å²) in [6.45, 7) is 3.78. The van der Waals surface area contributed by atoms with Crippen molar-refractivity contribution < 1.29 is 22.1 Å². The van der Waals surface area contributed by atoms with Crippen molar-refractivity contribution in [2.45, 2.75) is 31.6 Å². The number of aromatic nitrogens is 2. The Kier molecular flexibility index (Phi) is 6.46. The van der Waals surface area contributed by atoms with E-state index >= 15 is 0 Å². The Morgan fingerprint density at radius 1 is 1.17 bits per heavy atom. The van der Waals surface area contributed by atoms with E-state index in [9.17, 15) is 17.6 Å².